The maximum atomic E-state index is 13.0. The molecule has 0 unspecified atom stereocenters. The predicted molar refractivity (Wildman–Crippen MR) is 74.4 cm³/mol. The number of carboxylic acids is 1. The molecule has 2 aliphatic rings. The van der Waals surface area contributed by atoms with Gasteiger partial charge in [-0.1, -0.05) is 12.8 Å². The van der Waals surface area contributed by atoms with E-state index in [9.17, 15) is 19.1 Å². The van der Waals surface area contributed by atoms with E-state index in [0.29, 0.717) is 12.0 Å². The molecule has 1 N–H and O–H groups in total. The van der Waals surface area contributed by atoms with E-state index < -0.39 is 17.8 Å². The van der Waals surface area contributed by atoms with E-state index in [4.69, 9.17) is 0 Å². The highest BCUT2D eigenvalue weighted by Gasteiger charge is 2.47. The summed E-state index contributed by atoms with van der Waals surface area (Å²) in [7, 11) is 0. The van der Waals surface area contributed by atoms with Gasteiger partial charge in [0, 0.05) is 11.6 Å². The highest BCUT2D eigenvalue weighted by Crippen LogP contribution is 2.40. The van der Waals surface area contributed by atoms with E-state index >= 15 is 0 Å². The van der Waals surface area contributed by atoms with Gasteiger partial charge in [-0.25, -0.2) is 9.18 Å². The quantitative estimate of drug-likeness (QED) is 0.911. The third-order valence-corrected chi connectivity index (χ3v) is 4.70. The highest BCUT2D eigenvalue weighted by atomic mass is 19.1. The summed E-state index contributed by atoms with van der Waals surface area (Å²) in [6, 6.07) is 4.57. The number of halogens is 1. The second-order valence-electron chi connectivity index (χ2n) is 5.92. The lowest BCUT2D eigenvalue weighted by atomic mass is 9.84. The van der Waals surface area contributed by atoms with Crippen molar-refractivity contribution in [2.24, 2.45) is 5.92 Å². The third-order valence-electron chi connectivity index (χ3n) is 4.70. The average molecular weight is 291 g/mol. The monoisotopic (exact) mass is 291 g/mol. The Labute approximate surface area is 122 Å². The van der Waals surface area contributed by atoms with Crippen molar-refractivity contribution in [3.8, 4) is 0 Å². The van der Waals surface area contributed by atoms with Gasteiger partial charge in [-0.2, -0.15) is 0 Å². The first-order chi connectivity index (χ1) is 10.1. The summed E-state index contributed by atoms with van der Waals surface area (Å²) in [6.07, 6.45) is 4.52. The van der Waals surface area contributed by atoms with Crippen molar-refractivity contribution in [1.82, 2.24) is 4.90 Å². The molecule has 0 aromatic heterocycles. The molecule has 2 fully saturated rings. The van der Waals surface area contributed by atoms with Crippen LogP contribution in [-0.4, -0.2) is 34.0 Å². The Hall–Kier alpha value is -1.91. The number of carbonyl (C=O) groups excluding carboxylic acids is 1. The maximum absolute atomic E-state index is 13.0. The molecule has 4 nitrogen and oxygen atoms in total. The summed E-state index contributed by atoms with van der Waals surface area (Å²) in [5, 5.41) is 9.42. The van der Waals surface area contributed by atoms with Gasteiger partial charge in [0.05, 0.1) is 0 Å². The molecule has 112 valence electrons. The topological polar surface area (TPSA) is 57.6 Å². The summed E-state index contributed by atoms with van der Waals surface area (Å²) < 4.78 is 13.0. The first-order valence-electron chi connectivity index (χ1n) is 7.39. The van der Waals surface area contributed by atoms with Gasteiger partial charge >= 0.3 is 5.97 Å². The molecule has 21 heavy (non-hydrogen) atoms. The lowest BCUT2D eigenvalue weighted by molar-refractivity contribution is -0.141. The van der Waals surface area contributed by atoms with Gasteiger partial charge < -0.3 is 10.0 Å². The fourth-order valence-electron chi connectivity index (χ4n) is 3.71. The third kappa shape index (κ3) is 2.52. The van der Waals surface area contributed by atoms with E-state index in [-0.39, 0.29) is 17.9 Å². The van der Waals surface area contributed by atoms with Gasteiger partial charge in [-0.15, -0.1) is 0 Å². The number of hydrogen-bond donors (Lipinski definition) is 1. The van der Waals surface area contributed by atoms with Crippen molar-refractivity contribution in [3.05, 3.63) is 35.6 Å². The average Bonchev–Trinajstić information content (AvgIpc) is 2.87. The number of likely N-dealkylation sites (tertiary alicyclic amines) is 1. The van der Waals surface area contributed by atoms with Crippen LogP contribution in [0.3, 0.4) is 0 Å². The molecule has 3 rings (SSSR count). The van der Waals surface area contributed by atoms with Gasteiger partial charge in [0.15, 0.2) is 0 Å². The largest absolute Gasteiger partial charge is 0.480 e. The summed E-state index contributed by atoms with van der Waals surface area (Å²) >= 11 is 0. The molecule has 1 aliphatic heterocycles. The first-order valence-corrected chi connectivity index (χ1v) is 7.39. The fraction of sp³-hybridized carbons (Fsp3) is 0.500. The molecule has 3 atom stereocenters. The van der Waals surface area contributed by atoms with Gasteiger partial charge in [0.25, 0.3) is 5.91 Å². The van der Waals surface area contributed by atoms with Crippen LogP contribution in [0.2, 0.25) is 0 Å². The van der Waals surface area contributed by atoms with E-state index in [0.717, 1.165) is 25.7 Å². The molecule has 0 bridgehead atoms. The van der Waals surface area contributed by atoms with Crippen molar-refractivity contribution < 1.29 is 19.1 Å². The molecule has 1 aliphatic carbocycles. The zero-order valence-electron chi connectivity index (χ0n) is 11.7. The van der Waals surface area contributed by atoms with Crippen LogP contribution in [0.1, 0.15) is 42.5 Å². The summed E-state index contributed by atoms with van der Waals surface area (Å²) in [4.78, 5) is 25.7. The molecule has 1 aromatic carbocycles. The Bertz CT molecular complexity index is 557. The second-order valence-corrected chi connectivity index (χ2v) is 5.92. The van der Waals surface area contributed by atoms with Crippen molar-refractivity contribution in [2.75, 3.05) is 0 Å². The lowest BCUT2D eigenvalue weighted by Gasteiger charge is -2.33. The van der Waals surface area contributed by atoms with E-state index in [2.05, 4.69) is 0 Å². The Balaban J connectivity index is 1.90. The van der Waals surface area contributed by atoms with E-state index in [1.54, 1.807) is 0 Å². The number of amides is 1. The molecule has 1 heterocycles. The van der Waals surface area contributed by atoms with Crippen molar-refractivity contribution >= 4 is 11.9 Å². The fourth-order valence-corrected chi connectivity index (χ4v) is 3.71. The van der Waals surface area contributed by atoms with Crippen LogP contribution in [0.15, 0.2) is 24.3 Å². The number of rotatable bonds is 2. The molecular weight excluding hydrogens is 273 g/mol. The normalized spacial score (nSPS) is 28.2. The van der Waals surface area contributed by atoms with Gasteiger partial charge in [0.1, 0.15) is 11.9 Å². The van der Waals surface area contributed by atoms with E-state index in [1.807, 2.05) is 0 Å². The number of carbonyl (C=O) groups is 2. The maximum Gasteiger partial charge on any atom is 0.326 e. The molecule has 1 saturated carbocycles. The zero-order chi connectivity index (χ0) is 15.0. The zero-order valence-corrected chi connectivity index (χ0v) is 11.7. The first kappa shape index (κ1) is 14.0. The van der Waals surface area contributed by atoms with Gasteiger partial charge in [0.2, 0.25) is 0 Å². The number of aliphatic carboxylic acids is 1. The minimum absolute atomic E-state index is 0.0115. The van der Waals surface area contributed by atoms with E-state index in [1.165, 1.54) is 29.2 Å². The highest BCUT2D eigenvalue weighted by molar-refractivity contribution is 5.97. The molecule has 0 spiro atoms. The Morgan fingerprint density at radius 1 is 1.14 bits per heavy atom. The molecule has 5 heteroatoms. The summed E-state index contributed by atoms with van der Waals surface area (Å²) in [5.41, 5.74) is 0.355. The minimum atomic E-state index is -0.945. The standard InChI is InChI=1S/C16H18FNO3/c17-12-7-5-10(6-8-12)15(19)18-13-4-2-1-3-11(13)9-14(18)16(20)21/h5-8,11,13-14H,1-4,9H2,(H,20,21)/t11-,13+,14-/m1/s1. The van der Waals surface area contributed by atoms with Crippen molar-refractivity contribution in [3.63, 3.8) is 0 Å². The summed E-state index contributed by atoms with van der Waals surface area (Å²) in [5.74, 6) is -1.36. The molecule has 1 amide bonds. The number of benzene rings is 1. The number of nitrogens with zero attached hydrogens (tertiary/aromatic N) is 1. The summed E-state index contributed by atoms with van der Waals surface area (Å²) in [6.45, 7) is 0. The second kappa shape index (κ2) is 5.47. The van der Waals surface area contributed by atoms with Crippen LogP contribution < -0.4 is 0 Å². The smallest absolute Gasteiger partial charge is 0.326 e. The van der Waals surface area contributed by atoms with Crippen molar-refractivity contribution in [2.45, 2.75) is 44.2 Å². The van der Waals surface area contributed by atoms with Crippen LogP contribution >= 0.6 is 0 Å². The van der Waals surface area contributed by atoms with Crippen LogP contribution in [0.5, 0.6) is 0 Å². The molecule has 0 radical (unpaired) electrons. The number of carboxylic acid groups (broad SMARTS) is 1. The SMILES string of the molecule is O=C(O)[C@H]1C[C@H]2CCCC[C@@H]2N1C(=O)c1ccc(F)cc1. The Morgan fingerprint density at radius 2 is 1.81 bits per heavy atom. The Kier molecular flexibility index (Phi) is 3.66. The Morgan fingerprint density at radius 3 is 2.48 bits per heavy atom. The molecule has 1 saturated heterocycles. The van der Waals surface area contributed by atoms with Crippen LogP contribution in [0.25, 0.3) is 0 Å². The van der Waals surface area contributed by atoms with Gasteiger partial charge in [-0.05, 0) is 49.4 Å². The lowest BCUT2D eigenvalue weighted by Crippen LogP contribution is -2.46. The van der Waals surface area contributed by atoms with Crippen LogP contribution in [0, 0.1) is 11.7 Å². The van der Waals surface area contributed by atoms with Crippen molar-refractivity contribution in [1.29, 1.82) is 0 Å². The number of fused-ring (bicyclic) bond motifs is 1. The van der Waals surface area contributed by atoms with Crippen LogP contribution in [0.4, 0.5) is 4.39 Å². The van der Waals surface area contributed by atoms with Crippen LogP contribution in [-0.2, 0) is 4.79 Å². The number of hydrogen-bond acceptors (Lipinski definition) is 2. The predicted octanol–water partition coefficient (Wildman–Crippen LogP) is 2.68. The van der Waals surface area contributed by atoms with Gasteiger partial charge in [-0.3, -0.25) is 4.79 Å². The minimum Gasteiger partial charge on any atom is -0.480 e. The molecular formula is C16H18FNO3. The molecule has 1 aromatic rings.